The lowest BCUT2D eigenvalue weighted by Crippen LogP contribution is -2.42. The number of urea groups is 1. The van der Waals surface area contributed by atoms with E-state index < -0.39 is 0 Å². The van der Waals surface area contributed by atoms with Gasteiger partial charge in [-0.3, -0.25) is 0 Å². The number of anilines is 1. The Morgan fingerprint density at radius 2 is 1.46 bits per heavy atom. The Morgan fingerprint density at radius 1 is 0.800 bits per heavy atom. The Morgan fingerprint density at radius 3 is 2.17 bits per heavy atom. The number of fused-ring (bicyclic) bond motifs is 1. The van der Waals surface area contributed by atoms with Gasteiger partial charge in [0.2, 0.25) is 0 Å². The first-order valence-electron chi connectivity index (χ1n) is 11.8. The molecular formula is C31H28N2O2. The minimum atomic E-state index is -0.164. The van der Waals surface area contributed by atoms with Crippen molar-refractivity contribution >= 4 is 23.4 Å². The molecule has 4 aromatic rings. The van der Waals surface area contributed by atoms with E-state index in [1.807, 2.05) is 71.6 Å². The molecule has 0 fully saturated rings. The lowest BCUT2D eigenvalue weighted by Gasteiger charge is -2.32. The van der Waals surface area contributed by atoms with Gasteiger partial charge in [0.15, 0.2) is 0 Å². The van der Waals surface area contributed by atoms with Crippen molar-refractivity contribution in [1.82, 2.24) is 4.90 Å². The Kier molecular flexibility index (Phi) is 6.62. The van der Waals surface area contributed by atoms with Crippen LogP contribution in [0.4, 0.5) is 10.5 Å². The first-order chi connectivity index (χ1) is 17.2. The third kappa shape index (κ3) is 5.12. The van der Waals surface area contributed by atoms with Crippen LogP contribution in [0.25, 0.3) is 11.6 Å². The van der Waals surface area contributed by atoms with Gasteiger partial charge in [-0.2, -0.15) is 0 Å². The molecule has 0 radical (unpaired) electrons. The monoisotopic (exact) mass is 460 g/mol. The fraction of sp³-hybridized carbons (Fsp3) is 0.129. The molecule has 0 aromatic heterocycles. The summed E-state index contributed by atoms with van der Waals surface area (Å²) in [6, 6.07) is 36.4. The molecule has 4 aromatic carbocycles. The van der Waals surface area contributed by atoms with E-state index in [4.69, 9.17) is 4.74 Å². The Bertz CT molecular complexity index is 1320. The standard InChI is InChI=1S/C31H28N2O2/c1-35-26-18-16-25(17-19-26)22-33-30(21-24-12-6-3-7-13-24)28(20-23-10-4-2-5-11-23)27-14-8-9-15-29(27)32-31(33)34/h2-20,30H,21-22H2,1H3,(H,32,34)/b28-20-. The lowest BCUT2D eigenvalue weighted by molar-refractivity contribution is 0.198. The zero-order valence-corrected chi connectivity index (χ0v) is 19.7. The highest BCUT2D eigenvalue weighted by molar-refractivity contribution is 6.01. The number of rotatable bonds is 6. The van der Waals surface area contributed by atoms with Crippen LogP contribution in [-0.4, -0.2) is 24.1 Å². The van der Waals surface area contributed by atoms with Crippen molar-refractivity contribution in [3.05, 3.63) is 131 Å². The Labute approximate surface area is 206 Å². The molecule has 1 aliphatic heterocycles. The molecule has 0 saturated carbocycles. The van der Waals surface area contributed by atoms with Crippen LogP contribution >= 0.6 is 0 Å². The van der Waals surface area contributed by atoms with Gasteiger partial charge in [-0.1, -0.05) is 91.0 Å². The van der Waals surface area contributed by atoms with Gasteiger partial charge in [0.1, 0.15) is 5.75 Å². The molecular weight excluding hydrogens is 432 g/mol. The number of nitrogens with one attached hydrogen (secondary N) is 1. The summed E-state index contributed by atoms with van der Waals surface area (Å²) in [5.74, 6) is 0.798. The number of methoxy groups -OCH3 is 1. The van der Waals surface area contributed by atoms with E-state index in [0.29, 0.717) is 13.0 Å². The highest BCUT2D eigenvalue weighted by atomic mass is 16.5. The molecule has 35 heavy (non-hydrogen) atoms. The second kappa shape index (κ2) is 10.3. The van der Waals surface area contributed by atoms with Crippen LogP contribution < -0.4 is 10.1 Å². The third-order valence-electron chi connectivity index (χ3n) is 6.38. The van der Waals surface area contributed by atoms with Gasteiger partial charge in [0, 0.05) is 17.8 Å². The molecule has 4 nitrogen and oxygen atoms in total. The normalized spacial score (nSPS) is 16.4. The maximum atomic E-state index is 13.7. The molecule has 0 aliphatic carbocycles. The number of ether oxygens (including phenoxy) is 1. The number of hydrogen-bond acceptors (Lipinski definition) is 2. The number of nitrogens with zero attached hydrogens (tertiary/aromatic N) is 1. The first kappa shape index (κ1) is 22.5. The maximum absolute atomic E-state index is 13.7. The summed E-state index contributed by atoms with van der Waals surface area (Å²) in [6.07, 6.45) is 2.92. The van der Waals surface area contributed by atoms with Crippen LogP contribution in [-0.2, 0) is 13.0 Å². The van der Waals surface area contributed by atoms with Crippen LogP contribution in [0.1, 0.15) is 22.3 Å². The summed E-state index contributed by atoms with van der Waals surface area (Å²) >= 11 is 0. The van der Waals surface area contributed by atoms with Gasteiger partial charge in [0.05, 0.1) is 13.2 Å². The SMILES string of the molecule is COc1ccc(CN2C(=O)Nc3ccccc3/C(=C/c3ccccc3)C2Cc2ccccc2)cc1. The molecule has 1 atom stereocenters. The molecule has 1 N–H and O–H groups in total. The zero-order chi connectivity index (χ0) is 24.0. The van der Waals surface area contributed by atoms with Crippen LogP contribution in [0, 0.1) is 0 Å². The Balaban J connectivity index is 1.64. The van der Waals surface area contributed by atoms with E-state index in [1.54, 1.807) is 7.11 Å². The predicted molar refractivity (Wildman–Crippen MR) is 142 cm³/mol. The molecule has 0 bridgehead atoms. The van der Waals surface area contributed by atoms with Gasteiger partial charge in [0.25, 0.3) is 0 Å². The van der Waals surface area contributed by atoms with Crippen molar-refractivity contribution in [3.63, 3.8) is 0 Å². The highest BCUT2D eigenvalue weighted by Gasteiger charge is 2.32. The quantitative estimate of drug-likeness (QED) is 0.340. The molecule has 4 heteroatoms. The zero-order valence-electron chi connectivity index (χ0n) is 19.7. The van der Waals surface area contributed by atoms with Crippen LogP contribution in [0.5, 0.6) is 5.75 Å². The van der Waals surface area contributed by atoms with Crippen molar-refractivity contribution in [2.75, 3.05) is 12.4 Å². The van der Waals surface area contributed by atoms with Crippen LogP contribution in [0.3, 0.4) is 0 Å². The summed E-state index contributed by atoms with van der Waals surface area (Å²) in [5.41, 5.74) is 6.32. The van der Waals surface area contributed by atoms with Crippen molar-refractivity contribution in [3.8, 4) is 5.75 Å². The molecule has 1 unspecified atom stereocenters. The summed E-state index contributed by atoms with van der Waals surface area (Å²) in [6.45, 7) is 0.480. The molecule has 174 valence electrons. The van der Waals surface area contributed by atoms with Crippen molar-refractivity contribution in [1.29, 1.82) is 0 Å². The van der Waals surface area contributed by atoms with Crippen molar-refractivity contribution in [2.24, 2.45) is 0 Å². The van der Waals surface area contributed by atoms with Gasteiger partial charge in [-0.25, -0.2) is 4.79 Å². The van der Waals surface area contributed by atoms with Gasteiger partial charge in [-0.05, 0) is 53.0 Å². The minimum Gasteiger partial charge on any atom is -0.497 e. The number of benzene rings is 4. The second-order valence-electron chi connectivity index (χ2n) is 8.67. The van der Waals surface area contributed by atoms with Gasteiger partial charge >= 0.3 is 6.03 Å². The van der Waals surface area contributed by atoms with Crippen LogP contribution in [0.15, 0.2) is 109 Å². The fourth-order valence-electron chi connectivity index (χ4n) is 4.59. The highest BCUT2D eigenvalue weighted by Crippen LogP contribution is 2.36. The summed E-state index contributed by atoms with van der Waals surface area (Å²) in [7, 11) is 1.66. The molecule has 5 rings (SSSR count). The maximum Gasteiger partial charge on any atom is 0.322 e. The van der Waals surface area contributed by atoms with Crippen molar-refractivity contribution < 1.29 is 9.53 Å². The molecule has 2 amide bonds. The van der Waals surface area contributed by atoms with E-state index in [-0.39, 0.29) is 12.1 Å². The summed E-state index contributed by atoms with van der Waals surface area (Å²) in [4.78, 5) is 15.6. The lowest BCUT2D eigenvalue weighted by atomic mass is 9.90. The summed E-state index contributed by atoms with van der Waals surface area (Å²) in [5, 5.41) is 3.17. The third-order valence-corrected chi connectivity index (χ3v) is 6.38. The van der Waals surface area contributed by atoms with E-state index in [1.165, 1.54) is 5.56 Å². The fourth-order valence-corrected chi connectivity index (χ4v) is 4.59. The average Bonchev–Trinajstić information content (AvgIpc) is 3.01. The van der Waals surface area contributed by atoms with E-state index >= 15 is 0 Å². The minimum absolute atomic E-state index is 0.106. The van der Waals surface area contributed by atoms with Crippen LogP contribution in [0.2, 0.25) is 0 Å². The summed E-state index contributed by atoms with van der Waals surface area (Å²) < 4.78 is 5.32. The largest absolute Gasteiger partial charge is 0.497 e. The predicted octanol–water partition coefficient (Wildman–Crippen LogP) is 6.89. The smallest absolute Gasteiger partial charge is 0.322 e. The Hall–Kier alpha value is -4.31. The number of hydrogen-bond donors (Lipinski definition) is 1. The number of para-hydroxylation sites is 1. The molecule has 0 saturated heterocycles. The molecule has 1 heterocycles. The van der Waals surface area contributed by atoms with Gasteiger partial charge in [-0.15, -0.1) is 0 Å². The molecule has 0 spiro atoms. The van der Waals surface area contributed by atoms with Gasteiger partial charge < -0.3 is 15.0 Å². The van der Waals surface area contributed by atoms with E-state index in [9.17, 15) is 4.79 Å². The van der Waals surface area contributed by atoms with Crippen molar-refractivity contribution in [2.45, 2.75) is 19.0 Å². The number of carbonyl (C=O) groups is 1. The second-order valence-corrected chi connectivity index (χ2v) is 8.67. The van der Waals surface area contributed by atoms with E-state index in [0.717, 1.165) is 33.7 Å². The first-order valence-corrected chi connectivity index (χ1v) is 11.8. The molecule has 1 aliphatic rings. The average molecular weight is 461 g/mol. The topological polar surface area (TPSA) is 41.6 Å². The number of carbonyl (C=O) groups excluding carboxylic acids is 1. The van der Waals surface area contributed by atoms with E-state index in [2.05, 4.69) is 53.9 Å². The number of amides is 2.